The fraction of sp³-hybridized carbons (Fsp3) is 0.615. The van der Waals surface area contributed by atoms with E-state index in [-0.39, 0.29) is 15.1 Å². The standard InChI is InChI=1S/C13H19Cl2N3O2S/c1-2-18-5-3-10(4-6-18)8-17-21(19,20)11-7-12(14)13(15)16-9-11/h7,9-10,17H,2-6,8H2,1H3. The number of sulfonamides is 1. The number of rotatable bonds is 5. The zero-order valence-electron chi connectivity index (χ0n) is 11.8. The molecule has 5 nitrogen and oxygen atoms in total. The van der Waals surface area contributed by atoms with E-state index in [1.165, 1.54) is 12.3 Å². The number of hydrogen-bond donors (Lipinski definition) is 1. The van der Waals surface area contributed by atoms with Crippen LogP contribution in [0, 0.1) is 5.92 Å². The van der Waals surface area contributed by atoms with Crippen molar-refractivity contribution in [2.45, 2.75) is 24.7 Å². The van der Waals surface area contributed by atoms with Crippen LogP contribution in [0.25, 0.3) is 0 Å². The van der Waals surface area contributed by atoms with Gasteiger partial charge in [0.15, 0.2) is 0 Å². The summed E-state index contributed by atoms with van der Waals surface area (Å²) in [6.45, 7) is 5.68. The van der Waals surface area contributed by atoms with Gasteiger partial charge in [-0.25, -0.2) is 18.1 Å². The third-order valence-electron chi connectivity index (χ3n) is 3.80. The SMILES string of the molecule is CCN1CCC(CNS(=O)(=O)c2cnc(Cl)c(Cl)c2)CC1. The van der Waals surface area contributed by atoms with Gasteiger partial charge < -0.3 is 4.90 Å². The van der Waals surface area contributed by atoms with Gasteiger partial charge in [-0.3, -0.25) is 0 Å². The van der Waals surface area contributed by atoms with E-state index in [1.807, 2.05) is 0 Å². The lowest BCUT2D eigenvalue weighted by molar-refractivity contribution is 0.194. The maximum Gasteiger partial charge on any atom is 0.242 e. The number of hydrogen-bond acceptors (Lipinski definition) is 4. The van der Waals surface area contributed by atoms with Crippen molar-refractivity contribution in [3.8, 4) is 0 Å². The van der Waals surface area contributed by atoms with Crippen molar-refractivity contribution in [1.29, 1.82) is 0 Å². The van der Waals surface area contributed by atoms with Gasteiger partial charge in [0.2, 0.25) is 10.0 Å². The fourth-order valence-corrected chi connectivity index (χ4v) is 3.79. The van der Waals surface area contributed by atoms with Crippen molar-refractivity contribution < 1.29 is 8.42 Å². The van der Waals surface area contributed by atoms with Crippen molar-refractivity contribution in [2.24, 2.45) is 5.92 Å². The number of pyridine rings is 1. The number of piperidine rings is 1. The Kier molecular flexibility index (Phi) is 5.85. The van der Waals surface area contributed by atoms with Gasteiger partial charge in [0.25, 0.3) is 0 Å². The van der Waals surface area contributed by atoms with Crippen LogP contribution in [0.5, 0.6) is 0 Å². The first-order valence-corrected chi connectivity index (χ1v) is 9.19. The molecule has 1 saturated heterocycles. The molecule has 21 heavy (non-hydrogen) atoms. The molecule has 0 aromatic carbocycles. The van der Waals surface area contributed by atoms with E-state index in [0.717, 1.165) is 32.5 Å². The summed E-state index contributed by atoms with van der Waals surface area (Å²) in [5.41, 5.74) is 0. The molecule has 0 saturated carbocycles. The van der Waals surface area contributed by atoms with E-state index >= 15 is 0 Å². The van der Waals surface area contributed by atoms with E-state index in [9.17, 15) is 8.42 Å². The Morgan fingerprint density at radius 3 is 2.62 bits per heavy atom. The number of nitrogens with zero attached hydrogens (tertiary/aromatic N) is 2. The molecular formula is C13H19Cl2N3O2S. The molecule has 0 aliphatic carbocycles. The van der Waals surface area contributed by atoms with Crippen LogP contribution in [0.1, 0.15) is 19.8 Å². The second-order valence-corrected chi connectivity index (χ2v) is 7.71. The lowest BCUT2D eigenvalue weighted by Crippen LogP contribution is -2.38. The van der Waals surface area contributed by atoms with E-state index < -0.39 is 10.0 Å². The summed E-state index contributed by atoms with van der Waals surface area (Å²) in [6.07, 6.45) is 3.24. The summed E-state index contributed by atoms with van der Waals surface area (Å²) in [4.78, 5) is 6.18. The van der Waals surface area contributed by atoms with Gasteiger partial charge in [-0.2, -0.15) is 0 Å². The van der Waals surface area contributed by atoms with E-state index in [0.29, 0.717) is 12.5 Å². The molecule has 0 bridgehead atoms. The molecule has 0 spiro atoms. The minimum Gasteiger partial charge on any atom is -0.304 e. The highest BCUT2D eigenvalue weighted by molar-refractivity contribution is 7.89. The predicted molar refractivity (Wildman–Crippen MR) is 84.3 cm³/mol. The highest BCUT2D eigenvalue weighted by Crippen LogP contribution is 2.22. The van der Waals surface area contributed by atoms with E-state index in [4.69, 9.17) is 23.2 Å². The Balaban J connectivity index is 1.94. The molecule has 1 aromatic heterocycles. The third-order valence-corrected chi connectivity index (χ3v) is 5.87. The minimum atomic E-state index is -3.59. The molecule has 8 heteroatoms. The van der Waals surface area contributed by atoms with Crippen LogP contribution >= 0.6 is 23.2 Å². The monoisotopic (exact) mass is 351 g/mol. The highest BCUT2D eigenvalue weighted by atomic mass is 35.5. The molecular weight excluding hydrogens is 333 g/mol. The van der Waals surface area contributed by atoms with Crippen molar-refractivity contribution in [3.63, 3.8) is 0 Å². The van der Waals surface area contributed by atoms with Gasteiger partial charge >= 0.3 is 0 Å². The topological polar surface area (TPSA) is 62.3 Å². The number of nitrogens with one attached hydrogen (secondary N) is 1. The van der Waals surface area contributed by atoms with Crippen LogP contribution in [0.3, 0.4) is 0 Å². The zero-order valence-corrected chi connectivity index (χ0v) is 14.2. The normalized spacial score (nSPS) is 18.0. The van der Waals surface area contributed by atoms with Crippen molar-refractivity contribution in [3.05, 3.63) is 22.4 Å². The Labute approximate surface area is 135 Å². The predicted octanol–water partition coefficient (Wildman–Crippen LogP) is 2.40. The second-order valence-electron chi connectivity index (χ2n) is 5.17. The maximum atomic E-state index is 12.2. The van der Waals surface area contributed by atoms with Crippen molar-refractivity contribution in [2.75, 3.05) is 26.2 Å². The van der Waals surface area contributed by atoms with Crippen LogP contribution in [0.15, 0.2) is 17.2 Å². The fourth-order valence-electron chi connectivity index (χ4n) is 2.37. The highest BCUT2D eigenvalue weighted by Gasteiger charge is 2.22. The largest absolute Gasteiger partial charge is 0.304 e. The van der Waals surface area contributed by atoms with E-state index in [1.54, 1.807) is 0 Å². The van der Waals surface area contributed by atoms with E-state index in [2.05, 4.69) is 21.5 Å². The lowest BCUT2D eigenvalue weighted by Gasteiger charge is -2.30. The molecule has 2 rings (SSSR count). The molecule has 1 aromatic rings. The molecule has 2 heterocycles. The molecule has 1 aliphatic heterocycles. The summed E-state index contributed by atoms with van der Waals surface area (Å²) in [7, 11) is -3.59. The smallest absolute Gasteiger partial charge is 0.242 e. The quantitative estimate of drug-likeness (QED) is 0.827. The van der Waals surface area contributed by atoms with Gasteiger partial charge in [0, 0.05) is 12.7 Å². The Morgan fingerprint density at radius 2 is 2.05 bits per heavy atom. The summed E-state index contributed by atoms with van der Waals surface area (Å²) < 4.78 is 27.0. The summed E-state index contributed by atoms with van der Waals surface area (Å²) >= 11 is 11.5. The van der Waals surface area contributed by atoms with Crippen LogP contribution in [-0.2, 0) is 10.0 Å². The number of likely N-dealkylation sites (tertiary alicyclic amines) is 1. The minimum absolute atomic E-state index is 0.0443. The summed E-state index contributed by atoms with van der Waals surface area (Å²) in [5, 5.41) is 0.235. The van der Waals surface area contributed by atoms with Gasteiger partial charge in [0.05, 0.1) is 5.02 Å². The van der Waals surface area contributed by atoms with Gasteiger partial charge in [-0.1, -0.05) is 30.1 Å². The Bertz CT molecular complexity index is 587. The number of halogens is 2. The molecule has 0 unspecified atom stereocenters. The summed E-state index contributed by atoms with van der Waals surface area (Å²) in [5.74, 6) is 0.373. The van der Waals surface area contributed by atoms with Crippen molar-refractivity contribution in [1.82, 2.24) is 14.6 Å². The zero-order chi connectivity index (χ0) is 15.5. The number of aromatic nitrogens is 1. The van der Waals surface area contributed by atoms with Gasteiger partial charge in [-0.15, -0.1) is 0 Å². The second kappa shape index (κ2) is 7.24. The third kappa shape index (κ3) is 4.53. The van der Waals surface area contributed by atoms with Crippen molar-refractivity contribution >= 4 is 33.2 Å². The van der Waals surface area contributed by atoms with Crippen LogP contribution < -0.4 is 4.72 Å². The van der Waals surface area contributed by atoms with Gasteiger partial charge in [0.1, 0.15) is 10.0 Å². The molecule has 1 fully saturated rings. The summed E-state index contributed by atoms with van der Waals surface area (Å²) in [6, 6.07) is 1.32. The average Bonchev–Trinajstić information content (AvgIpc) is 2.48. The van der Waals surface area contributed by atoms with Crippen LogP contribution in [0.2, 0.25) is 10.2 Å². The van der Waals surface area contributed by atoms with Crippen LogP contribution in [0.4, 0.5) is 0 Å². The first-order valence-electron chi connectivity index (χ1n) is 6.95. The molecule has 0 amide bonds. The Hall–Kier alpha value is -0.400. The van der Waals surface area contributed by atoms with Gasteiger partial charge in [-0.05, 0) is 44.5 Å². The first kappa shape index (κ1) is 17.0. The molecule has 118 valence electrons. The van der Waals surface area contributed by atoms with Crippen LogP contribution in [-0.4, -0.2) is 44.5 Å². The molecule has 0 atom stereocenters. The average molecular weight is 352 g/mol. The molecule has 1 aliphatic rings. The molecule has 1 N–H and O–H groups in total. The first-order chi connectivity index (χ1) is 9.92. The Morgan fingerprint density at radius 1 is 1.38 bits per heavy atom. The molecule has 0 radical (unpaired) electrons. The lowest BCUT2D eigenvalue weighted by atomic mass is 9.97. The maximum absolute atomic E-state index is 12.2.